The van der Waals surface area contributed by atoms with E-state index in [-0.39, 0.29) is 0 Å². The van der Waals surface area contributed by atoms with E-state index in [0.717, 1.165) is 37.8 Å². The summed E-state index contributed by atoms with van der Waals surface area (Å²) < 4.78 is 7.45. The predicted molar refractivity (Wildman–Crippen MR) is 74.6 cm³/mol. The Hall–Kier alpha value is -0.870. The minimum absolute atomic E-state index is 0.326. The van der Waals surface area contributed by atoms with Crippen LogP contribution in [0.4, 0.5) is 0 Å². The van der Waals surface area contributed by atoms with Gasteiger partial charge in [-0.3, -0.25) is 4.68 Å². The zero-order valence-electron chi connectivity index (χ0n) is 12.4. The van der Waals surface area contributed by atoms with E-state index in [4.69, 9.17) is 4.74 Å². The van der Waals surface area contributed by atoms with Crippen LogP contribution in [0.15, 0.2) is 6.20 Å². The molecule has 1 rings (SSSR count). The van der Waals surface area contributed by atoms with Crippen LogP contribution in [0, 0.1) is 12.8 Å². The Bertz CT molecular complexity index is 347. The largest absolute Gasteiger partial charge is 0.380 e. The average molecular weight is 253 g/mol. The molecule has 1 N–H and O–H groups in total. The molecular weight excluding hydrogens is 226 g/mol. The second-order valence-corrected chi connectivity index (χ2v) is 5.31. The van der Waals surface area contributed by atoms with Gasteiger partial charge in [-0.05, 0) is 26.2 Å². The monoisotopic (exact) mass is 253 g/mol. The zero-order chi connectivity index (χ0) is 13.5. The third-order valence-corrected chi connectivity index (χ3v) is 3.05. The van der Waals surface area contributed by atoms with Gasteiger partial charge in [-0.2, -0.15) is 5.10 Å². The highest BCUT2D eigenvalue weighted by atomic mass is 16.5. The number of aromatic nitrogens is 2. The number of aryl methyl sites for hydroxylation is 2. The third kappa shape index (κ3) is 5.19. The molecular formula is C14H27N3O. The Morgan fingerprint density at radius 2 is 2.06 bits per heavy atom. The van der Waals surface area contributed by atoms with Gasteiger partial charge in [0.25, 0.3) is 0 Å². The predicted octanol–water partition coefficient (Wildman–Crippen LogP) is 2.44. The lowest BCUT2D eigenvalue weighted by atomic mass is 10.1. The standard InChI is InChI=1S/C14H27N3O/c1-11(2)6-8-18-9-7-15-12(3)14-10-17(5)16-13(14)4/h10-12,15H,6-9H2,1-5H3. The van der Waals surface area contributed by atoms with Crippen LogP contribution in [0.2, 0.25) is 0 Å². The summed E-state index contributed by atoms with van der Waals surface area (Å²) in [6.07, 6.45) is 3.21. The van der Waals surface area contributed by atoms with E-state index in [9.17, 15) is 0 Å². The quantitative estimate of drug-likeness (QED) is 0.723. The number of nitrogens with zero attached hydrogens (tertiary/aromatic N) is 2. The van der Waals surface area contributed by atoms with E-state index in [1.54, 1.807) is 0 Å². The number of hydrogen-bond donors (Lipinski definition) is 1. The highest BCUT2D eigenvalue weighted by Crippen LogP contribution is 2.14. The Labute approximate surface area is 111 Å². The highest BCUT2D eigenvalue weighted by molar-refractivity contribution is 5.19. The molecule has 0 aliphatic heterocycles. The van der Waals surface area contributed by atoms with Gasteiger partial charge in [0.2, 0.25) is 0 Å². The molecule has 0 saturated heterocycles. The van der Waals surface area contributed by atoms with Crippen molar-refractivity contribution >= 4 is 0 Å². The summed E-state index contributed by atoms with van der Waals surface area (Å²) in [5.74, 6) is 0.718. The molecule has 0 aliphatic rings. The maximum absolute atomic E-state index is 5.58. The first kappa shape index (κ1) is 15.2. The molecule has 104 valence electrons. The smallest absolute Gasteiger partial charge is 0.0641 e. The van der Waals surface area contributed by atoms with Crippen molar-refractivity contribution in [3.63, 3.8) is 0 Å². The van der Waals surface area contributed by atoms with Gasteiger partial charge >= 0.3 is 0 Å². The summed E-state index contributed by atoms with van der Waals surface area (Å²) in [5.41, 5.74) is 2.36. The van der Waals surface area contributed by atoms with Crippen molar-refractivity contribution in [3.8, 4) is 0 Å². The van der Waals surface area contributed by atoms with Crippen molar-refractivity contribution in [1.82, 2.24) is 15.1 Å². The topological polar surface area (TPSA) is 39.1 Å². The fourth-order valence-corrected chi connectivity index (χ4v) is 1.92. The molecule has 4 heteroatoms. The Morgan fingerprint density at radius 3 is 2.61 bits per heavy atom. The summed E-state index contributed by atoms with van der Waals surface area (Å²) in [4.78, 5) is 0. The van der Waals surface area contributed by atoms with E-state index in [0.29, 0.717) is 6.04 Å². The maximum Gasteiger partial charge on any atom is 0.0641 e. The van der Waals surface area contributed by atoms with Crippen LogP contribution in [0.3, 0.4) is 0 Å². The van der Waals surface area contributed by atoms with Crippen molar-refractivity contribution < 1.29 is 4.74 Å². The molecule has 0 aromatic carbocycles. The molecule has 0 bridgehead atoms. The molecule has 1 atom stereocenters. The van der Waals surface area contributed by atoms with Crippen molar-refractivity contribution in [2.45, 2.75) is 40.2 Å². The van der Waals surface area contributed by atoms with Crippen LogP contribution in [-0.2, 0) is 11.8 Å². The molecule has 0 fully saturated rings. The zero-order valence-corrected chi connectivity index (χ0v) is 12.4. The molecule has 1 aromatic rings. The van der Waals surface area contributed by atoms with E-state index >= 15 is 0 Å². The van der Waals surface area contributed by atoms with Crippen molar-refractivity contribution in [1.29, 1.82) is 0 Å². The number of ether oxygens (including phenoxy) is 1. The minimum Gasteiger partial charge on any atom is -0.380 e. The van der Waals surface area contributed by atoms with E-state index in [1.807, 2.05) is 18.7 Å². The van der Waals surface area contributed by atoms with Gasteiger partial charge < -0.3 is 10.1 Å². The van der Waals surface area contributed by atoms with Crippen LogP contribution in [-0.4, -0.2) is 29.5 Å². The van der Waals surface area contributed by atoms with Gasteiger partial charge in [-0.25, -0.2) is 0 Å². The molecule has 0 aliphatic carbocycles. The van der Waals surface area contributed by atoms with Crippen LogP contribution in [0.25, 0.3) is 0 Å². The van der Waals surface area contributed by atoms with Crippen molar-refractivity contribution in [3.05, 3.63) is 17.5 Å². The van der Waals surface area contributed by atoms with Crippen LogP contribution >= 0.6 is 0 Å². The van der Waals surface area contributed by atoms with Gasteiger partial charge in [0, 0.05) is 38.0 Å². The van der Waals surface area contributed by atoms with Crippen LogP contribution in [0.1, 0.15) is 44.5 Å². The Balaban J connectivity index is 2.17. The van der Waals surface area contributed by atoms with Crippen molar-refractivity contribution in [2.75, 3.05) is 19.8 Å². The van der Waals surface area contributed by atoms with E-state index in [2.05, 4.69) is 37.4 Å². The van der Waals surface area contributed by atoms with E-state index < -0.39 is 0 Å². The van der Waals surface area contributed by atoms with Gasteiger partial charge in [0.1, 0.15) is 0 Å². The molecule has 1 aromatic heterocycles. The third-order valence-electron chi connectivity index (χ3n) is 3.05. The highest BCUT2D eigenvalue weighted by Gasteiger charge is 2.10. The molecule has 4 nitrogen and oxygen atoms in total. The average Bonchev–Trinajstić information content (AvgIpc) is 2.62. The molecule has 18 heavy (non-hydrogen) atoms. The van der Waals surface area contributed by atoms with Crippen molar-refractivity contribution in [2.24, 2.45) is 13.0 Å². The minimum atomic E-state index is 0.326. The summed E-state index contributed by atoms with van der Waals surface area (Å²) in [6, 6.07) is 0.326. The summed E-state index contributed by atoms with van der Waals surface area (Å²) in [6.45, 7) is 11.2. The van der Waals surface area contributed by atoms with Crippen LogP contribution in [0.5, 0.6) is 0 Å². The lowest BCUT2D eigenvalue weighted by Crippen LogP contribution is -2.23. The first-order chi connectivity index (χ1) is 8.50. The summed E-state index contributed by atoms with van der Waals surface area (Å²) in [5, 5.41) is 7.82. The number of rotatable bonds is 8. The molecule has 1 unspecified atom stereocenters. The second-order valence-electron chi connectivity index (χ2n) is 5.31. The van der Waals surface area contributed by atoms with E-state index in [1.165, 1.54) is 5.56 Å². The number of nitrogens with one attached hydrogen (secondary N) is 1. The Kier molecular flexibility index (Phi) is 6.36. The lowest BCUT2D eigenvalue weighted by molar-refractivity contribution is 0.123. The fraction of sp³-hybridized carbons (Fsp3) is 0.786. The van der Waals surface area contributed by atoms with Gasteiger partial charge in [0.15, 0.2) is 0 Å². The normalized spacial score (nSPS) is 13.2. The second kappa shape index (κ2) is 7.54. The first-order valence-electron chi connectivity index (χ1n) is 6.82. The van der Waals surface area contributed by atoms with Gasteiger partial charge in [0.05, 0.1) is 12.3 Å². The van der Waals surface area contributed by atoms with Gasteiger partial charge in [-0.1, -0.05) is 13.8 Å². The fourth-order valence-electron chi connectivity index (χ4n) is 1.92. The summed E-state index contributed by atoms with van der Waals surface area (Å²) in [7, 11) is 1.96. The number of hydrogen-bond acceptors (Lipinski definition) is 3. The lowest BCUT2D eigenvalue weighted by Gasteiger charge is -2.13. The molecule has 0 radical (unpaired) electrons. The molecule has 0 spiro atoms. The Morgan fingerprint density at radius 1 is 1.33 bits per heavy atom. The first-order valence-corrected chi connectivity index (χ1v) is 6.82. The molecule has 1 heterocycles. The molecule has 0 amide bonds. The maximum atomic E-state index is 5.58. The summed E-state index contributed by atoms with van der Waals surface area (Å²) >= 11 is 0. The van der Waals surface area contributed by atoms with Crippen LogP contribution < -0.4 is 5.32 Å². The van der Waals surface area contributed by atoms with Gasteiger partial charge in [-0.15, -0.1) is 0 Å². The SMILES string of the molecule is Cc1nn(C)cc1C(C)NCCOCCC(C)C. The molecule has 0 saturated carbocycles.